The Morgan fingerprint density at radius 3 is 2.23 bits per heavy atom. The second-order valence-corrected chi connectivity index (χ2v) is 9.87. The maximum absolute atomic E-state index is 12.4. The van der Waals surface area contributed by atoms with Crippen molar-refractivity contribution in [3.8, 4) is 16.9 Å². The Morgan fingerprint density at radius 2 is 1.57 bits per heavy atom. The van der Waals surface area contributed by atoms with Crippen molar-refractivity contribution in [1.29, 1.82) is 0 Å². The van der Waals surface area contributed by atoms with Gasteiger partial charge >= 0.3 is 0 Å². The van der Waals surface area contributed by atoms with Gasteiger partial charge in [0.2, 0.25) is 15.9 Å². The van der Waals surface area contributed by atoms with Crippen LogP contribution in [0.5, 0.6) is 0 Å². The van der Waals surface area contributed by atoms with Crippen molar-refractivity contribution < 1.29 is 18.0 Å². The molecule has 0 unspecified atom stereocenters. The van der Waals surface area contributed by atoms with Crippen LogP contribution in [-0.2, 0) is 10.0 Å². The Hall–Kier alpha value is -4.02. The average molecular weight is 492 g/mol. The summed E-state index contributed by atoms with van der Waals surface area (Å²) in [5, 5.41) is 8.54. The van der Waals surface area contributed by atoms with E-state index in [0.717, 1.165) is 34.1 Å². The van der Waals surface area contributed by atoms with Crippen LogP contribution < -0.4 is 15.8 Å². The first-order valence-corrected chi connectivity index (χ1v) is 12.8. The summed E-state index contributed by atoms with van der Waals surface area (Å²) in [4.78, 5) is 23.8. The fourth-order valence-electron chi connectivity index (χ4n) is 3.67. The van der Waals surface area contributed by atoms with E-state index < -0.39 is 15.9 Å². The number of hydrogen-bond acceptors (Lipinski definition) is 5. The molecule has 0 radical (unpaired) electrons. The maximum atomic E-state index is 12.4. The summed E-state index contributed by atoms with van der Waals surface area (Å²) in [5.74, 6) is -0.724. The van der Waals surface area contributed by atoms with Crippen molar-refractivity contribution in [3.63, 3.8) is 0 Å². The maximum Gasteiger partial charge on any atom is 0.251 e. The lowest BCUT2D eigenvalue weighted by molar-refractivity contribution is 0.0952. The van der Waals surface area contributed by atoms with Gasteiger partial charge in [-0.1, -0.05) is 30.3 Å². The van der Waals surface area contributed by atoms with Gasteiger partial charge in [-0.25, -0.2) is 17.8 Å². The number of aromatic nitrogens is 2. The fraction of sp³-hybridized carbons (Fsp3) is 0.160. The van der Waals surface area contributed by atoms with Crippen LogP contribution in [0.15, 0.2) is 72.8 Å². The highest BCUT2D eigenvalue weighted by Gasteiger charge is 2.14. The number of sulfonamides is 1. The third-order valence-corrected chi connectivity index (χ3v) is 6.14. The minimum Gasteiger partial charge on any atom is -0.366 e. The summed E-state index contributed by atoms with van der Waals surface area (Å²) >= 11 is 0. The minimum absolute atomic E-state index is 0.235. The van der Waals surface area contributed by atoms with E-state index >= 15 is 0 Å². The average Bonchev–Trinajstić information content (AvgIpc) is 3.23. The largest absolute Gasteiger partial charge is 0.366 e. The van der Waals surface area contributed by atoms with Gasteiger partial charge in [-0.3, -0.25) is 9.59 Å². The summed E-state index contributed by atoms with van der Waals surface area (Å²) in [6.07, 6.45) is 1.58. The predicted octanol–water partition coefficient (Wildman–Crippen LogP) is 2.46. The smallest absolute Gasteiger partial charge is 0.251 e. The molecule has 0 bridgehead atoms. The predicted molar refractivity (Wildman–Crippen MR) is 135 cm³/mol. The molecule has 1 heterocycles. The van der Waals surface area contributed by atoms with Gasteiger partial charge in [0.25, 0.3) is 5.91 Å². The topological polar surface area (TPSA) is 136 Å². The Bertz CT molecular complexity index is 1480. The first-order valence-electron chi connectivity index (χ1n) is 10.9. The molecule has 0 aliphatic carbocycles. The van der Waals surface area contributed by atoms with Crippen molar-refractivity contribution >= 4 is 32.7 Å². The first kappa shape index (κ1) is 24.1. The number of nitrogens with zero attached hydrogens (tertiary/aromatic N) is 2. The summed E-state index contributed by atoms with van der Waals surface area (Å²) in [6.45, 7) is 0.617. The summed E-state index contributed by atoms with van der Waals surface area (Å²) in [7, 11) is -3.23. The lowest BCUT2D eigenvalue weighted by Crippen LogP contribution is -2.29. The van der Waals surface area contributed by atoms with E-state index in [2.05, 4.69) is 10.0 Å². The highest BCUT2D eigenvalue weighted by Crippen LogP contribution is 2.30. The lowest BCUT2D eigenvalue weighted by atomic mass is 10.1. The number of nitrogens with two attached hydrogens (primary N) is 1. The van der Waals surface area contributed by atoms with E-state index in [-0.39, 0.29) is 12.5 Å². The van der Waals surface area contributed by atoms with Gasteiger partial charge in [0.15, 0.2) is 0 Å². The molecular weight excluding hydrogens is 466 g/mol. The van der Waals surface area contributed by atoms with Gasteiger partial charge in [-0.05, 0) is 48.9 Å². The van der Waals surface area contributed by atoms with Crippen molar-refractivity contribution in [1.82, 2.24) is 19.8 Å². The summed E-state index contributed by atoms with van der Waals surface area (Å²) in [6, 6.07) is 21.9. The van der Waals surface area contributed by atoms with E-state index in [1.807, 2.05) is 36.4 Å². The quantitative estimate of drug-likeness (QED) is 0.309. The third-order valence-electron chi connectivity index (χ3n) is 5.41. The monoisotopic (exact) mass is 491 g/mol. The van der Waals surface area contributed by atoms with Crippen LogP contribution in [-0.4, -0.2) is 49.4 Å². The van der Waals surface area contributed by atoms with Crippen LogP contribution in [0.25, 0.3) is 27.8 Å². The minimum atomic E-state index is -3.23. The number of hydrogen-bond donors (Lipinski definition) is 3. The first-order chi connectivity index (χ1) is 16.7. The molecule has 0 aliphatic heterocycles. The number of nitrogens with one attached hydrogen (secondary N) is 2. The van der Waals surface area contributed by atoms with Crippen LogP contribution in [0, 0.1) is 0 Å². The second kappa shape index (κ2) is 10.1. The van der Waals surface area contributed by atoms with Crippen LogP contribution in [0.2, 0.25) is 0 Å². The SMILES string of the molecule is CS(=O)(=O)NCCCNC(=O)c1ccc(-c2nn(-c3ccc(C(N)=O)cc3)c3ccccc23)cc1. The molecule has 0 saturated carbocycles. The Morgan fingerprint density at radius 1 is 0.914 bits per heavy atom. The molecule has 4 N–H and O–H groups in total. The molecule has 4 aromatic rings. The fourth-order valence-corrected chi connectivity index (χ4v) is 4.19. The molecule has 0 aliphatic rings. The van der Waals surface area contributed by atoms with Crippen molar-refractivity contribution in [2.24, 2.45) is 5.73 Å². The molecule has 180 valence electrons. The molecule has 1 aromatic heterocycles. The lowest BCUT2D eigenvalue weighted by Gasteiger charge is -2.06. The van der Waals surface area contributed by atoms with Crippen LogP contribution in [0.1, 0.15) is 27.1 Å². The van der Waals surface area contributed by atoms with Crippen LogP contribution >= 0.6 is 0 Å². The Labute approximate surface area is 203 Å². The third kappa shape index (κ3) is 5.73. The highest BCUT2D eigenvalue weighted by atomic mass is 32.2. The van der Waals surface area contributed by atoms with Gasteiger partial charge in [0.1, 0.15) is 5.69 Å². The number of amides is 2. The number of carbonyl (C=O) groups is 2. The van der Waals surface area contributed by atoms with Crippen molar-refractivity contribution in [3.05, 3.63) is 83.9 Å². The standard InChI is InChI=1S/C25H25N5O4S/c1-35(33,34)28-16-4-15-27-25(32)19-9-7-17(8-10-19)23-21-5-2-3-6-22(21)30(29-23)20-13-11-18(12-14-20)24(26)31/h2-3,5-14,28H,4,15-16H2,1H3,(H2,26,31)(H,27,32). The molecule has 3 aromatic carbocycles. The van der Waals surface area contributed by atoms with E-state index in [4.69, 9.17) is 10.8 Å². The molecule has 0 atom stereocenters. The number of primary amides is 1. The van der Waals surface area contributed by atoms with Gasteiger partial charge in [-0.2, -0.15) is 5.10 Å². The highest BCUT2D eigenvalue weighted by molar-refractivity contribution is 7.88. The number of fused-ring (bicyclic) bond motifs is 1. The van der Waals surface area contributed by atoms with Crippen molar-refractivity contribution in [2.75, 3.05) is 19.3 Å². The molecular formula is C25H25N5O4S. The van der Waals surface area contributed by atoms with Crippen LogP contribution in [0.4, 0.5) is 0 Å². The normalized spacial score (nSPS) is 11.5. The second-order valence-electron chi connectivity index (χ2n) is 8.04. The number of benzene rings is 3. The molecule has 0 saturated heterocycles. The number of para-hydroxylation sites is 1. The van der Waals surface area contributed by atoms with E-state index in [1.54, 1.807) is 41.1 Å². The van der Waals surface area contributed by atoms with Gasteiger partial charge < -0.3 is 11.1 Å². The molecule has 9 nitrogen and oxygen atoms in total. The molecule has 0 fully saturated rings. The van der Waals surface area contributed by atoms with Gasteiger partial charge in [-0.15, -0.1) is 0 Å². The van der Waals surface area contributed by atoms with Gasteiger partial charge in [0.05, 0.1) is 17.5 Å². The Balaban J connectivity index is 1.53. The molecule has 4 rings (SSSR count). The molecule has 2 amide bonds. The van der Waals surface area contributed by atoms with Gasteiger partial charge in [0, 0.05) is 35.2 Å². The van der Waals surface area contributed by atoms with Crippen molar-refractivity contribution in [2.45, 2.75) is 6.42 Å². The van der Waals surface area contributed by atoms with E-state index in [1.165, 1.54) is 0 Å². The number of carbonyl (C=O) groups excluding carboxylic acids is 2. The zero-order chi connectivity index (χ0) is 25.0. The van der Waals surface area contributed by atoms with E-state index in [0.29, 0.717) is 24.1 Å². The summed E-state index contributed by atoms with van der Waals surface area (Å²) < 4.78 is 26.4. The zero-order valence-electron chi connectivity index (χ0n) is 19.1. The Kier molecular flexibility index (Phi) is 6.94. The molecule has 10 heteroatoms. The summed E-state index contributed by atoms with van der Waals surface area (Å²) in [5.41, 5.74) is 9.57. The van der Waals surface area contributed by atoms with E-state index in [9.17, 15) is 18.0 Å². The molecule has 35 heavy (non-hydrogen) atoms. The molecule has 0 spiro atoms. The zero-order valence-corrected chi connectivity index (χ0v) is 19.9. The number of rotatable bonds is 9. The van der Waals surface area contributed by atoms with Crippen LogP contribution in [0.3, 0.4) is 0 Å².